The Labute approximate surface area is 129 Å². The molecule has 0 radical (unpaired) electrons. The zero-order valence-corrected chi connectivity index (χ0v) is 13.2. The number of thiocarbonyl (C=S) groups is 1. The largest absolute Gasteiger partial charge is 0.497 e. The Morgan fingerprint density at radius 3 is 2.85 bits per heavy atom. The van der Waals surface area contributed by atoms with Gasteiger partial charge >= 0.3 is 0 Å². The summed E-state index contributed by atoms with van der Waals surface area (Å²) in [5.41, 5.74) is 2.10. The summed E-state index contributed by atoms with van der Waals surface area (Å²) in [5.74, 6) is 0.852. The van der Waals surface area contributed by atoms with Crippen LogP contribution >= 0.6 is 23.6 Å². The quantitative estimate of drug-likeness (QED) is 0.827. The van der Waals surface area contributed by atoms with E-state index in [1.165, 1.54) is 4.88 Å². The van der Waals surface area contributed by atoms with Gasteiger partial charge in [-0.15, -0.1) is 11.3 Å². The normalized spacial score (nSPS) is 10.1. The Hall–Kier alpha value is -1.59. The van der Waals surface area contributed by atoms with Crippen molar-refractivity contribution < 1.29 is 4.74 Å². The molecule has 2 rings (SSSR count). The van der Waals surface area contributed by atoms with Gasteiger partial charge in [0.15, 0.2) is 5.11 Å². The number of hydrogen-bond acceptors (Lipinski definition) is 3. The Morgan fingerprint density at radius 1 is 1.35 bits per heavy atom. The smallest absolute Gasteiger partial charge is 0.170 e. The number of anilines is 1. The van der Waals surface area contributed by atoms with Gasteiger partial charge in [0.2, 0.25) is 0 Å². The fraction of sp³-hybridized carbons (Fsp3) is 0.267. The van der Waals surface area contributed by atoms with Crippen molar-refractivity contribution in [2.75, 3.05) is 19.0 Å². The average Bonchev–Trinajstić information content (AvgIpc) is 2.94. The van der Waals surface area contributed by atoms with Crippen molar-refractivity contribution in [1.82, 2.24) is 5.32 Å². The van der Waals surface area contributed by atoms with Crippen molar-refractivity contribution in [3.8, 4) is 5.75 Å². The van der Waals surface area contributed by atoms with Crippen LogP contribution in [0.25, 0.3) is 0 Å². The number of thiophene rings is 1. The zero-order chi connectivity index (χ0) is 14.4. The van der Waals surface area contributed by atoms with Crippen molar-refractivity contribution >= 4 is 34.4 Å². The number of methoxy groups -OCH3 is 1. The lowest BCUT2D eigenvalue weighted by molar-refractivity contribution is 0.414. The summed E-state index contributed by atoms with van der Waals surface area (Å²) in [5, 5.41) is 9.17. The highest BCUT2D eigenvalue weighted by molar-refractivity contribution is 7.80. The first-order chi connectivity index (χ1) is 9.69. The maximum Gasteiger partial charge on any atom is 0.170 e. The molecule has 1 aromatic carbocycles. The molecule has 0 saturated carbocycles. The molecule has 0 fully saturated rings. The molecular formula is C15H18N2OS2. The zero-order valence-electron chi connectivity index (χ0n) is 11.6. The minimum atomic E-state index is 0.648. The minimum Gasteiger partial charge on any atom is -0.497 e. The molecule has 1 aromatic heterocycles. The van der Waals surface area contributed by atoms with Crippen molar-refractivity contribution in [1.29, 1.82) is 0 Å². The van der Waals surface area contributed by atoms with Gasteiger partial charge in [0.05, 0.1) is 7.11 Å². The third-order valence-electron chi connectivity index (χ3n) is 2.92. The summed E-state index contributed by atoms with van der Waals surface area (Å²) in [6.07, 6.45) is 0.987. The number of benzene rings is 1. The molecule has 2 aromatic rings. The average molecular weight is 306 g/mol. The van der Waals surface area contributed by atoms with E-state index in [0.717, 1.165) is 30.0 Å². The second kappa shape index (κ2) is 7.26. The van der Waals surface area contributed by atoms with Crippen LogP contribution in [0.15, 0.2) is 35.7 Å². The molecule has 0 aliphatic rings. The number of aryl methyl sites for hydroxylation is 1. The van der Waals surface area contributed by atoms with Crippen molar-refractivity contribution in [3.05, 3.63) is 46.2 Å². The predicted octanol–water partition coefficient (Wildman–Crippen LogP) is 3.59. The summed E-state index contributed by atoms with van der Waals surface area (Å²) in [4.78, 5) is 1.36. The monoisotopic (exact) mass is 306 g/mol. The molecular weight excluding hydrogens is 288 g/mol. The Balaban J connectivity index is 1.82. The molecule has 0 unspecified atom stereocenters. The maximum absolute atomic E-state index is 5.30. The first kappa shape index (κ1) is 14.8. The van der Waals surface area contributed by atoms with Crippen LogP contribution in [0.2, 0.25) is 0 Å². The van der Waals surface area contributed by atoms with Crippen LogP contribution in [0.4, 0.5) is 5.69 Å². The maximum atomic E-state index is 5.30. The fourth-order valence-electron chi connectivity index (χ4n) is 1.82. The van der Waals surface area contributed by atoms with Crippen LogP contribution in [-0.2, 0) is 6.42 Å². The first-order valence-corrected chi connectivity index (χ1v) is 7.69. The number of rotatable bonds is 5. The standard InChI is InChI=1S/C15H18N2OS2/c1-11-10-12(18-2)5-6-14(11)17-15(19)16-8-7-13-4-3-9-20-13/h3-6,9-10H,7-8H2,1-2H3,(H2,16,17,19). The number of ether oxygens (including phenoxy) is 1. The Kier molecular flexibility index (Phi) is 5.38. The van der Waals surface area contributed by atoms with Crippen LogP contribution in [0, 0.1) is 6.92 Å². The van der Waals surface area contributed by atoms with Crippen LogP contribution in [0.3, 0.4) is 0 Å². The topological polar surface area (TPSA) is 33.3 Å². The fourth-order valence-corrected chi connectivity index (χ4v) is 2.74. The van der Waals surface area contributed by atoms with Gasteiger partial charge < -0.3 is 15.4 Å². The van der Waals surface area contributed by atoms with Crippen LogP contribution in [-0.4, -0.2) is 18.8 Å². The van der Waals surface area contributed by atoms with E-state index in [1.807, 2.05) is 25.1 Å². The molecule has 1 heterocycles. The summed E-state index contributed by atoms with van der Waals surface area (Å²) >= 11 is 7.07. The molecule has 3 nitrogen and oxygen atoms in total. The highest BCUT2D eigenvalue weighted by Gasteiger charge is 2.03. The third-order valence-corrected chi connectivity index (χ3v) is 4.10. The molecule has 0 saturated heterocycles. The van der Waals surface area contributed by atoms with E-state index < -0.39 is 0 Å². The van der Waals surface area contributed by atoms with E-state index in [4.69, 9.17) is 17.0 Å². The van der Waals surface area contributed by atoms with Crippen molar-refractivity contribution in [2.45, 2.75) is 13.3 Å². The molecule has 0 bridgehead atoms. The van der Waals surface area contributed by atoms with Gasteiger partial charge in [0, 0.05) is 17.1 Å². The first-order valence-electron chi connectivity index (χ1n) is 6.41. The second-order valence-corrected chi connectivity index (χ2v) is 5.83. The van der Waals surface area contributed by atoms with Crippen molar-refractivity contribution in [3.63, 3.8) is 0 Å². The van der Waals surface area contributed by atoms with Crippen LogP contribution in [0.1, 0.15) is 10.4 Å². The number of hydrogen-bond donors (Lipinski definition) is 2. The van der Waals surface area contributed by atoms with Gasteiger partial charge in [0.25, 0.3) is 0 Å². The molecule has 0 spiro atoms. The third kappa shape index (κ3) is 4.21. The Bertz CT molecular complexity index is 567. The van der Waals surface area contributed by atoms with E-state index in [0.29, 0.717) is 5.11 Å². The van der Waals surface area contributed by atoms with E-state index in [-0.39, 0.29) is 0 Å². The molecule has 5 heteroatoms. The predicted molar refractivity (Wildman–Crippen MR) is 90.0 cm³/mol. The number of nitrogens with one attached hydrogen (secondary N) is 2. The lowest BCUT2D eigenvalue weighted by Crippen LogP contribution is -2.30. The SMILES string of the molecule is COc1ccc(NC(=S)NCCc2cccs2)c(C)c1. The van der Waals surface area contributed by atoms with Gasteiger partial charge in [-0.3, -0.25) is 0 Å². The molecule has 0 atom stereocenters. The van der Waals surface area contributed by atoms with Crippen LogP contribution < -0.4 is 15.4 Å². The summed E-state index contributed by atoms with van der Waals surface area (Å²) < 4.78 is 5.19. The second-order valence-electron chi connectivity index (χ2n) is 4.39. The molecule has 0 aliphatic heterocycles. The molecule has 106 valence electrons. The minimum absolute atomic E-state index is 0.648. The van der Waals surface area contributed by atoms with Gasteiger partial charge in [-0.25, -0.2) is 0 Å². The van der Waals surface area contributed by atoms with Gasteiger partial charge in [-0.05, 0) is 60.8 Å². The lowest BCUT2D eigenvalue weighted by Gasteiger charge is -2.13. The summed E-state index contributed by atoms with van der Waals surface area (Å²) in [7, 11) is 1.67. The molecule has 2 N–H and O–H groups in total. The molecule has 0 aliphatic carbocycles. The summed E-state index contributed by atoms with van der Waals surface area (Å²) in [6.45, 7) is 2.86. The Morgan fingerprint density at radius 2 is 2.20 bits per heavy atom. The van der Waals surface area contributed by atoms with Gasteiger partial charge in [0.1, 0.15) is 5.75 Å². The van der Waals surface area contributed by atoms with Gasteiger partial charge in [-0.2, -0.15) is 0 Å². The summed E-state index contributed by atoms with van der Waals surface area (Å²) in [6, 6.07) is 10.1. The van der Waals surface area contributed by atoms with Crippen LogP contribution in [0.5, 0.6) is 5.75 Å². The van der Waals surface area contributed by atoms with E-state index in [2.05, 4.69) is 28.1 Å². The van der Waals surface area contributed by atoms with E-state index in [9.17, 15) is 0 Å². The molecule has 20 heavy (non-hydrogen) atoms. The molecule has 0 amide bonds. The lowest BCUT2D eigenvalue weighted by atomic mass is 10.2. The van der Waals surface area contributed by atoms with Crippen molar-refractivity contribution in [2.24, 2.45) is 0 Å². The van der Waals surface area contributed by atoms with Gasteiger partial charge in [-0.1, -0.05) is 6.07 Å². The highest BCUT2D eigenvalue weighted by atomic mass is 32.1. The van der Waals surface area contributed by atoms with E-state index in [1.54, 1.807) is 18.4 Å². The van der Waals surface area contributed by atoms with E-state index >= 15 is 0 Å². The highest BCUT2D eigenvalue weighted by Crippen LogP contribution is 2.20.